The second-order valence-electron chi connectivity index (χ2n) is 4.82. The first-order chi connectivity index (χ1) is 11.3. The van der Waals surface area contributed by atoms with Crippen molar-refractivity contribution in [3.63, 3.8) is 0 Å². The summed E-state index contributed by atoms with van der Waals surface area (Å²) >= 11 is 0. The zero-order valence-corrected chi connectivity index (χ0v) is 14.0. The van der Waals surface area contributed by atoms with Crippen molar-refractivity contribution < 1.29 is 66.0 Å². The van der Waals surface area contributed by atoms with Crippen LogP contribution >= 0.6 is 0 Å². The van der Waals surface area contributed by atoms with E-state index in [4.69, 9.17) is 0 Å². The van der Waals surface area contributed by atoms with Crippen LogP contribution < -0.4 is 0 Å². The highest BCUT2D eigenvalue weighted by molar-refractivity contribution is 6.60. The molecular formula is C10H12F12O3Si. The Labute approximate surface area is 139 Å². The van der Waals surface area contributed by atoms with Gasteiger partial charge in [0.1, 0.15) is 0 Å². The van der Waals surface area contributed by atoms with Gasteiger partial charge in [-0.05, 0) is 0 Å². The monoisotopic (exact) mass is 436 g/mol. The molecule has 0 radical (unpaired) electrons. The number of rotatable bonds is 10. The smallest absolute Gasteiger partial charge is 0.377 e. The lowest BCUT2D eigenvalue weighted by Crippen LogP contribution is -2.69. The Morgan fingerprint density at radius 1 is 0.654 bits per heavy atom. The molecule has 0 saturated carbocycles. The first-order valence-electron chi connectivity index (χ1n) is 6.16. The first kappa shape index (κ1) is 25.3. The van der Waals surface area contributed by atoms with E-state index in [0.29, 0.717) is 21.3 Å². The van der Waals surface area contributed by atoms with Gasteiger partial charge in [-0.1, -0.05) is 0 Å². The third-order valence-corrected chi connectivity index (χ3v) is 6.06. The fourth-order valence-electron chi connectivity index (χ4n) is 1.62. The lowest BCUT2D eigenvalue weighted by atomic mass is 9.95. The van der Waals surface area contributed by atoms with E-state index in [-0.39, 0.29) is 0 Å². The third-order valence-electron chi connectivity index (χ3n) is 3.31. The second-order valence-corrected chi connectivity index (χ2v) is 7.77. The summed E-state index contributed by atoms with van der Waals surface area (Å²) in [5, 5.41) is 0. The topological polar surface area (TPSA) is 27.7 Å². The summed E-state index contributed by atoms with van der Waals surface area (Å²) in [6.07, 6.45) is -5.54. The van der Waals surface area contributed by atoms with Gasteiger partial charge in [0.25, 0.3) is 0 Å². The van der Waals surface area contributed by atoms with Gasteiger partial charge in [-0.25, -0.2) is 8.78 Å². The molecule has 0 aliphatic carbocycles. The number of hydrogen-bond donors (Lipinski definition) is 0. The van der Waals surface area contributed by atoms with Crippen LogP contribution in [-0.4, -0.2) is 66.2 Å². The van der Waals surface area contributed by atoms with Gasteiger partial charge in [-0.15, -0.1) is 0 Å². The van der Waals surface area contributed by atoms with Gasteiger partial charge in [-0.3, -0.25) is 0 Å². The second kappa shape index (κ2) is 7.35. The number of halogens is 12. The van der Waals surface area contributed by atoms with Crippen molar-refractivity contribution >= 4 is 8.80 Å². The highest BCUT2D eigenvalue weighted by Gasteiger charge is 2.88. The van der Waals surface area contributed by atoms with E-state index >= 15 is 0 Å². The van der Waals surface area contributed by atoms with Crippen molar-refractivity contribution in [2.75, 3.05) is 21.3 Å². The fraction of sp³-hybridized carbons (Fsp3) is 1.00. The van der Waals surface area contributed by atoms with Gasteiger partial charge >= 0.3 is 44.8 Å². The van der Waals surface area contributed by atoms with Gasteiger partial charge in [0.2, 0.25) is 0 Å². The number of hydrogen-bond acceptors (Lipinski definition) is 3. The quantitative estimate of drug-likeness (QED) is 0.378. The summed E-state index contributed by atoms with van der Waals surface area (Å²) in [6, 6.07) is -2.54. The van der Waals surface area contributed by atoms with Crippen LogP contribution in [0, 0.1) is 0 Å². The highest BCUT2D eigenvalue weighted by atomic mass is 28.4. The summed E-state index contributed by atoms with van der Waals surface area (Å²) in [4.78, 5) is 0. The SMILES string of the molecule is CO[Si](CC(F)(F)C(F)(F)C(F)(F)C(F)(F)C(F)(F)C(F)F)(OC)OC. The summed E-state index contributed by atoms with van der Waals surface area (Å²) in [6.45, 7) is 0. The average Bonchev–Trinajstić information content (AvgIpc) is 2.51. The van der Waals surface area contributed by atoms with Crippen molar-refractivity contribution in [2.24, 2.45) is 0 Å². The van der Waals surface area contributed by atoms with Crippen molar-refractivity contribution in [2.45, 2.75) is 42.1 Å². The maximum Gasteiger partial charge on any atom is 0.506 e. The van der Waals surface area contributed by atoms with E-state index in [0.717, 1.165) is 0 Å². The maximum atomic E-state index is 13.7. The molecule has 0 aliphatic heterocycles. The van der Waals surface area contributed by atoms with Gasteiger partial charge in [-0.2, -0.15) is 43.9 Å². The Balaban J connectivity index is 6.19. The van der Waals surface area contributed by atoms with E-state index in [1.807, 2.05) is 0 Å². The van der Waals surface area contributed by atoms with Crippen molar-refractivity contribution in [3.8, 4) is 0 Å². The van der Waals surface area contributed by atoms with E-state index in [2.05, 4.69) is 13.3 Å². The largest absolute Gasteiger partial charge is 0.506 e. The molecule has 0 aromatic heterocycles. The van der Waals surface area contributed by atoms with E-state index in [1.165, 1.54) is 0 Å². The van der Waals surface area contributed by atoms with Crippen LogP contribution in [0.25, 0.3) is 0 Å². The Kier molecular flexibility index (Phi) is 7.14. The van der Waals surface area contributed by atoms with Gasteiger partial charge in [0.15, 0.2) is 0 Å². The average molecular weight is 436 g/mol. The zero-order chi connectivity index (χ0) is 21.4. The van der Waals surface area contributed by atoms with Crippen LogP contribution in [0.3, 0.4) is 0 Å². The molecule has 0 rings (SSSR count). The van der Waals surface area contributed by atoms with Crippen LogP contribution in [0.15, 0.2) is 0 Å². The minimum Gasteiger partial charge on any atom is -0.377 e. The molecule has 0 spiro atoms. The molecule has 0 aromatic rings. The van der Waals surface area contributed by atoms with Crippen LogP contribution in [0.5, 0.6) is 0 Å². The Hall–Kier alpha value is -0.743. The normalized spacial score (nSPS) is 15.7. The van der Waals surface area contributed by atoms with Crippen LogP contribution in [0.1, 0.15) is 0 Å². The van der Waals surface area contributed by atoms with E-state index in [1.54, 1.807) is 0 Å². The lowest BCUT2D eigenvalue weighted by Gasteiger charge is -2.40. The van der Waals surface area contributed by atoms with Crippen molar-refractivity contribution in [1.82, 2.24) is 0 Å². The summed E-state index contributed by atoms with van der Waals surface area (Å²) in [5.41, 5.74) is 0. The molecule has 0 heterocycles. The lowest BCUT2D eigenvalue weighted by molar-refractivity contribution is -0.411. The molecule has 0 atom stereocenters. The summed E-state index contributed by atoms with van der Waals surface area (Å²) in [5.74, 6) is -35.5. The van der Waals surface area contributed by atoms with Crippen LogP contribution in [-0.2, 0) is 13.3 Å². The van der Waals surface area contributed by atoms with E-state index in [9.17, 15) is 52.7 Å². The fourth-order valence-corrected chi connectivity index (χ4v) is 3.32. The Morgan fingerprint density at radius 2 is 1.00 bits per heavy atom. The maximum absolute atomic E-state index is 13.7. The molecule has 0 amide bonds. The molecule has 16 heteroatoms. The minimum atomic E-state index is -7.58. The molecule has 0 saturated heterocycles. The van der Waals surface area contributed by atoms with Crippen LogP contribution in [0.2, 0.25) is 6.04 Å². The molecule has 0 aliphatic rings. The molecule has 0 fully saturated rings. The Morgan fingerprint density at radius 3 is 1.27 bits per heavy atom. The minimum absolute atomic E-state index is 0.575. The predicted octanol–water partition coefficient (Wildman–Crippen LogP) is 4.31. The molecule has 0 bridgehead atoms. The molecule has 158 valence electrons. The molecule has 0 unspecified atom stereocenters. The van der Waals surface area contributed by atoms with Gasteiger partial charge in [0.05, 0.1) is 6.04 Å². The van der Waals surface area contributed by atoms with Crippen LogP contribution in [0.4, 0.5) is 52.7 Å². The standard InChI is InChI=1S/C10H12F12O3Si/c1-23-26(24-2,25-3)4-6(13,14)8(17,18)10(21,22)9(19,20)7(15,16)5(11)12/h5H,4H2,1-3H3. The Bertz CT molecular complexity index is 472. The molecule has 0 aromatic carbocycles. The van der Waals surface area contributed by atoms with Gasteiger partial charge in [0, 0.05) is 21.3 Å². The van der Waals surface area contributed by atoms with E-state index < -0.39 is 50.9 Å². The molecular weight excluding hydrogens is 424 g/mol. The molecule has 3 nitrogen and oxygen atoms in total. The van der Waals surface area contributed by atoms with Crippen molar-refractivity contribution in [3.05, 3.63) is 0 Å². The molecule has 26 heavy (non-hydrogen) atoms. The summed E-state index contributed by atoms with van der Waals surface area (Å²) < 4.78 is 169. The third kappa shape index (κ3) is 3.64. The predicted molar refractivity (Wildman–Crippen MR) is 62.3 cm³/mol. The molecule has 0 N–H and O–H groups in total. The first-order valence-corrected chi connectivity index (χ1v) is 8.09. The highest BCUT2D eigenvalue weighted by Crippen LogP contribution is 2.59. The van der Waals surface area contributed by atoms with Crippen molar-refractivity contribution in [1.29, 1.82) is 0 Å². The zero-order valence-electron chi connectivity index (χ0n) is 13.0. The number of alkyl halides is 12. The van der Waals surface area contributed by atoms with Gasteiger partial charge < -0.3 is 13.3 Å². The summed E-state index contributed by atoms with van der Waals surface area (Å²) in [7, 11) is -3.09.